The van der Waals surface area contributed by atoms with Gasteiger partial charge < -0.3 is 9.84 Å². The Morgan fingerprint density at radius 2 is 1.89 bits per heavy atom. The molecule has 0 saturated carbocycles. The molecule has 1 aliphatic heterocycles. The summed E-state index contributed by atoms with van der Waals surface area (Å²) in [6, 6.07) is 21.8. The molecule has 2 aliphatic rings. The number of hydrogen-bond acceptors (Lipinski definition) is 5. The third-order valence-electron chi connectivity index (χ3n) is 6.77. The maximum absolute atomic E-state index is 13.8. The summed E-state index contributed by atoms with van der Waals surface area (Å²) in [6.45, 7) is 2.07. The molecule has 0 fully saturated rings. The summed E-state index contributed by atoms with van der Waals surface area (Å²) >= 11 is 1.40. The van der Waals surface area contributed by atoms with E-state index in [4.69, 9.17) is 9.73 Å². The maximum Gasteiger partial charge on any atom is 0.271 e. The number of benzene rings is 3. The fourth-order valence-electron chi connectivity index (χ4n) is 5.01. The minimum atomic E-state index is -0.188. The average Bonchev–Trinajstić information content (AvgIpc) is 3.19. The van der Waals surface area contributed by atoms with Crippen LogP contribution < -0.4 is 19.6 Å². The second-order valence-corrected chi connectivity index (χ2v) is 9.96. The van der Waals surface area contributed by atoms with Gasteiger partial charge in [-0.3, -0.25) is 9.36 Å². The summed E-state index contributed by atoms with van der Waals surface area (Å²) in [4.78, 5) is 19.5. The molecule has 4 aromatic rings. The predicted molar refractivity (Wildman–Crippen MR) is 139 cm³/mol. The van der Waals surface area contributed by atoms with E-state index in [1.54, 1.807) is 18.2 Å². The van der Waals surface area contributed by atoms with Crippen molar-refractivity contribution in [1.82, 2.24) is 4.57 Å². The largest absolute Gasteiger partial charge is 0.504 e. The van der Waals surface area contributed by atoms with Crippen LogP contribution in [0.15, 0.2) is 82.1 Å². The van der Waals surface area contributed by atoms with Gasteiger partial charge in [0.15, 0.2) is 16.3 Å². The van der Waals surface area contributed by atoms with E-state index < -0.39 is 0 Å². The van der Waals surface area contributed by atoms with Crippen LogP contribution in [0.3, 0.4) is 0 Å². The van der Waals surface area contributed by atoms with E-state index >= 15 is 0 Å². The highest BCUT2D eigenvalue weighted by Crippen LogP contribution is 2.41. The summed E-state index contributed by atoms with van der Waals surface area (Å²) in [5, 5.41) is 9.94. The summed E-state index contributed by atoms with van der Waals surface area (Å²) in [6.07, 6.45) is 3.65. The highest BCUT2D eigenvalue weighted by atomic mass is 32.1. The van der Waals surface area contributed by atoms with Crippen LogP contribution >= 0.6 is 11.3 Å². The molecule has 5 nitrogen and oxygen atoms in total. The summed E-state index contributed by atoms with van der Waals surface area (Å²) < 4.78 is 7.69. The quantitative estimate of drug-likeness (QED) is 0.475. The normalized spacial score (nSPS) is 16.9. The Morgan fingerprint density at radius 3 is 2.69 bits per heavy atom. The molecule has 0 amide bonds. The molecule has 0 spiro atoms. The molecule has 0 bridgehead atoms. The molecule has 3 aromatic carbocycles. The monoisotopic (exact) mass is 480 g/mol. The van der Waals surface area contributed by atoms with Crippen molar-refractivity contribution < 1.29 is 9.84 Å². The van der Waals surface area contributed by atoms with Crippen molar-refractivity contribution in [3.8, 4) is 11.5 Å². The molecule has 1 aliphatic carbocycles. The second-order valence-electron chi connectivity index (χ2n) is 8.96. The lowest BCUT2D eigenvalue weighted by molar-refractivity contribution is 0.373. The Hall–Kier alpha value is -3.90. The van der Waals surface area contributed by atoms with Crippen LogP contribution in [0.2, 0.25) is 0 Å². The number of phenols is 1. The number of nitrogens with zero attached hydrogens (tertiary/aromatic N) is 2. The van der Waals surface area contributed by atoms with E-state index in [0.29, 0.717) is 15.1 Å². The topological polar surface area (TPSA) is 63.8 Å². The number of allylic oxidation sites excluding steroid dienone is 1. The Balaban J connectivity index is 1.60. The van der Waals surface area contributed by atoms with Crippen molar-refractivity contribution >= 4 is 23.1 Å². The molecule has 174 valence electrons. The van der Waals surface area contributed by atoms with E-state index in [0.717, 1.165) is 35.2 Å². The first kappa shape index (κ1) is 21.6. The van der Waals surface area contributed by atoms with Gasteiger partial charge in [0, 0.05) is 5.56 Å². The molecule has 0 saturated heterocycles. The molecular weight excluding hydrogens is 456 g/mol. The first-order valence-corrected chi connectivity index (χ1v) is 12.4. The van der Waals surface area contributed by atoms with E-state index in [1.807, 2.05) is 10.6 Å². The van der Waals surface area contributed by atoms with E-state index in [2.05, 4.69) is 55.5 Å². The zero-order chi connectivity index (χ0) is 24.1. The van der Waals surface area contributed by atoms with Crippen molar-refractivity contribution in [3.05, 3.63) is 120 Å². The summed E-state index contributed by atoms with van der Waals surface area (Å²) in [7, 11) is 1.51. The number of methoxy groups -OCH3 is 1. The van der Waals surface area contributed by atoms with Crippen molar-refractivity contribution in [2.45, 2.75) is 25.8 Å². The zero-order valence-corrected chi connectivity index (χ0v) is 20.3. The standard InChI is InChI=1S/C29H24N2O3S/c1-17-7-10-20(11-8-17)27-22-13-12-19-5-3-4-6-21(19)26(22)30-29-31(27)28(33)25(35-29)16-18-9-14-23(32)24(15-18)34-2/h3-11,14-16,27,32H,12-13H2,1-2H3/b25-16+. The van der Waals surface area contributed by atoms with Crippen molar-refractivity contribution in [1.29, 1.82) is 0 Å². The number of fused-ring (bicyclic) bond motifs is 3. The van der Waals surface area contributed by atoms with E-state index in [1.165, 1.54) is 35.1 Å². The van der Waals surface area contributed by atoms with Crippen LogP contribution in [0.1, 0.15) is 40.3 Å². The first-order chi connectivity index (χ1) is 17.0. The van der Waals surface area contributed by atoms with Gasteiger partial charge in [0.2, 0.25) is 0 Å². The third-order valence-corrected chi connectivity index (χ3v) is 7.75. The fraction of sp³-hybridized carbons (Fsp3) is 0.172. The van der Waals surface area contributed by atoms with Crippen LogP contribution in [0.4, 0.5) is 0 Å². The van der Waals surface area contributed by atoms with Crippen LogP contribution in [-0.4, -0.2) is 16.8 Å². The van der Waals surface area contributed by atoms with Crippen LogP contribution in [0, 0.1) is 6.92 Å². The molecule has 2 heterocycles. The van der Waals surface area contributed by atoms with Crippen LogP contribution in [0.25, 0.3) is 11.8 Å². The number of aromatic nitrogens is 1. The smallest absolute Gasteiger partial charge is 0.271 e. The van der Waals surface area contributed by atoms with Gasteiger partial charge in [-0.2, -0.15) is 0 Å². The highest BCUT2D eigenvalue weighted by molar-refractivity contribution is 7.07. The second kappa shape index (κ2) is 8.40. The van der Waals surface area contributed by atoms with Gasteiger partial charge in [-0.05, 0) is 60.2 Å². The van der Waals surface area contributed by atoms with Crippen molar-refractivity contribution in [2.75, 3.05) is 7.11 Å². The molecule has 1 aromatic heterocycles. The average molecular weight is 481 g/mol. The minimum absolute atomic E-state index is 0.0585. The number of ether oxygens (including phenoxy) is 1. The third kappa shape index (κ3) is 3.61. The van der Waals surface area contributed by atoms with Gasteiger partial charge in [0.1, 0.15) is 0 Å². The molecular formula is C29H24N2O3S. The van der Waals surface area contributed by atoms with Crippen LogP contribution in [-0.2, 0) is 6.42 Å². The minimum Gasteiger partial charge on any atom is -0.504 e. The first-order valence-electron chi connectivity index (χ1n) is 11.6. The number of aromatic hydroxyl groups is 1. The number of hydrogen-bond donors (Lipinski definition) is 1. The van der Waals surface area contributed by atoms with Gasteiger partial charge >= 0.3 is 0 Å². The number of phenolic OH excluding ortho intramolecular Hbond substituents is 1. The Morgan fingerprint density at radius 1 is 1.09 bits per heavy atom. The predicted octanol–water partition coefficient (Wildman–Crippen LogP) is 4.34. The van der Waals surface area contributed by atoms with Crippen molar-refractivity contribution in [3.63, 3.8) is 0 Å². The van der Waals surface area contributed by atoms with Gasteiger partial charge in [-0.1, -0.05) is 71.5 Å². The molecule has 1 atom stereocenters. The molecule has 6 heteroatoms. The van der Waals surface area contributed by atoms with Gasteiger partial charge in [0.25, 0.3) is 5.56 Å². The summed E-state index contributed by atoms with van der Waals surface area (Å²) in [5.41, 5.74) is 7.65. The van der Waals surface area contributed by atoms with Crippen molar-refractivity contribution in [2.24, 2.45) is 4.99 Å². The van der Waals surface area contributed by atoms with Gasteiger partial charge in [0.05, 0.1) is 23.4 Å². The number of aryl methyl sites for hydroxylation is 2. The van der Waals surface area contributed by atoms with E-state index in [-0.39, 0.29) is 17.4 Å². The maximum atomic E-state index is 13.8. The fourth-order valence-corrected chi connectivity index (χ4v) is 6.01. The molecule has 1 N–H and O–H groups in total. The lowest BCUT2D eigenvalue weighted by Gasteiger charge is -2.30. The Labute approximate surface area is 206 Å². The summed E-state index contributed by atoms with van der Waals surface area (Å²) in [5.74, 6) is 0.438. The Kier molecular flexibility index (Phi) is 5.19. The SMILES string of the molecule is COc1cc(/C=c2/sc3n(c2=O)C(c2ccc(C)cc2)C2=C(N=3)c3ccccc3CC2)ccc1O. The lowest BCUT2D eigenvalue weighted by Crippen LogP contribution is -2.38. The molecule has 0 radical (unpaired) electrons. The Bertz CT molecular complexity index is 1680. The number of thiazole rings is 1. The number of rotatable bonds is 3. The van der Waals surface area contributed by atoms with Gasteiger partial charge in [-0.25, -0.2) is 4.99 Å². The molecule has 1 unspecified atom stereocenters. The highest BCUT2D eigenvalue weighted by Gasteiger charge is 2.32. The molecule has 6 rings (SSSR count). The molecule has 35 heavy (non-hydrogen) atoms. The van der Waals surface area contributed by atoms with Crippen LogP contribution in [0.5, 0.6) is 11.5 Å². The zero-order valence-electron chi connectivity index (χ0n) is 19.5. The lowest BCUT2D eigenvalue weighted by atomic mass is 9.83. The van der Waals surface area contributed by atoms with Gasteiger partial charge in [-0.15, -0.1) is 0 Å². The van der Waals surface area contributed by atoms with E-state index in [9.17, 15) is 9.90 Å².